The Morgan fingerprint density at radius 1 is 1.03 bits per heavy atom. The number of rotatable bonds is 11. The maximum absolute atomic E-state index is 12.5. The van der Waals surface area contributed by atoms with Crippen LogP contribution >= 0.6 is 27.5 Å². The fourth-order valence-electron chi connectivity index (χ4n) is 3.21. The third kappa shape index (κ3) is 7.86. The summed E-state index contributed by atoms with van der Waals surface area (Å²) in [7, 11) is 0. The van der Waals surface area contributed by atoms with Gasteiger partial charge in [0.05, 0.1) is 23.2 Å². The molecule has 8 heteroatoms. The van der Waals surface area contributed by atoms with E-state index in [9.17, 15) is 9.59 Å². The van der Waals surface area contributed by atoms with Gasteiger partial charge in [0, 0.05) is 22.3 Å². The molecule has 0 saturated heterocycles. The lowest BCUT2D eigenvalue weighted by Crippen LogP contribution is -2.10. The molecule has 3 rings (SSSR count). The quantitative estimate of drug-likeness (QED) is 0.193. The number of halogens is 2. The van der Waals surface area contributed by atoms with Crippen LogP contribution in [-0.4, -0.2) is 25.1 Å². The van der Waals surface area contributed by atoms with Gasteiger partial charge in [0.15, 0.2) is 11.5 Å². The van der Waals surface area contributed by atoms with Gasteiger partial charge in [-0.15, -0.1) is 0 Å². The number of benzene rings is 3. The molecule has 0 aromatic heterocycles. The fourth-order valence-corrected chi connectivity index (χ4v) is 3.97. The first kappa shape index (κ1) is 27.3. The van der Waals surface area contributed by atoms with E-state index < -0.39 is 5.97 Å². The summed E-state index contributed by atoms with van der Waals surface area (Å²) in [6, 6.07) is 17.7. The minimum absolute atomic E-state index is 0.279. The van der Waals surface area contributed by atoms with Crippen LogP contribution in [0.5, 0.6) is 11.5 Å². The van der Waals surface area contributed by atoms with Crippen molar-refractivity contribution in [3.63, 3.8) is 0 Å². The third-order valence-corrected chi connectivity index (χ3v) is 5.85. The Labute approximate surface area is 224 Å². The van der Waals surface area contributed by atoms with Crippen LogP contribution in [0.4, 0.5) is 5.69 Å². The maximum Gasteiger partial charge on any atom is 0.338 e. The highest BCUT2D eigenvalue weighted by Crippen LogP contribution is 2.38. The second-order valence-electron chi connectivity index (χ2n) is 7.68. The van der Waals surface area contributed by atoms with E-state index in [-0.39, 0.29) is 12.5 Å². The van der Waals surface area contributed by atoms with E-state index in [1.807, 2.05) is 44.2 Å². The van der Waals surface area contributed by atoms with Crippen molar-refractivity contribution in [2.45, 2.75) is 26.9 Å². The molecule has 0 saturated carbocycles. The number of anilines is 1. The second kappa shape index (κ2) is 13.7. The number of ether oxygens (including phenoxy) is 3. The van der Waals surface area contributed by atoms with Crippen LogP contribution in [0, 0.1) is 0 Å². The molecule has 0 aliphatic heterocycles. The molecule has 3 aromatic rings. The molecule has 0 fully saturated rings. The molecule has 0 atom stereocenters. The van der Waals surface area contributed by atoms with Crippen LogP contribution in [0.2, 0.25) is 5.02 Å². The summed E-state index contributed by atoms with van der Waals surface area (Å²) >= 11 is 9.78. The van der Waals surface area contributed by atoms with Crippen LogP contribution in [-0.2, 0) is 16.1 Å². The Morgan fingerprint density at radius 2 is 1.83 bits per heavy atom. The molecule has 188 valence electrons. The zero-order valence-electron chi connectivity index (χ0n) is 20.1. The number of hydrogen-bond acceptors (Lipinski definition) is 5. The molecule has 0 spiro atoms. The van der Waals surface area contributed by atoms with Crippen molar-refractivity contribution in [1.82, 2.24) is 0 Å². The molecular formula is C28H27BrClNO5. The van der Waals surface area contributed by atoms with E-state index >= 15 is 0 Å². The summed E-state index contributed by atoms with van der Waals surface area (Å²) in [5.74, 6) is 0.318. The van der Waals surface area contributed by atoms with E-state index in [0.717, 1.165) is 17.5 Å². The Hall–Kier alpha value is -3.29. The number of carbonyl (C=O) groups excluding carboxylic acids is 2. The molecule has 0 aliphatic rings. The number of hydrogen-bond donors (Lipinski definition) is 1. The largest absolute Gasteiger partial charge is 0.490 e. The molecule has 0 aliphatic carbocycles. The Morgan fingerprint density at radius 3 is 2.58 bits per heavy atom. The van der Waals surface area contributed by atoms with Gasteiger partial charge in [-0.25, -0.2) is 4.79 Å². The Kier molecular flexibility index (Phi) is 10.4. The number of nitrogens with one attached hydrogen (secondary N) is 1. The number of carbonyl (C=O) groups is 2. The summed E-state index contributed by atoms with van der Waals surface area (Å²) in [6.45, 7) is 4.88. The van der Waals surface area contributed by atoms with Crippen LogP contribution < -0.4 is 14.8 Å². The molecule has 6 nitrogen and oxygen atoms in total. The molecule has 1 N–H and O–H groups in total. The van der Waals surface area contributed by atoms with E-state index in [0.29, 0.717) is 45.5 Å². The third-order valence-electron chi connectivity index (χ3n) is 4.89. The minimum atomic E-state index is -0.423. The number of amides is 1. The fraction of sp³-hybridized carbons (Fsp3) is 0.214. The van der Waals surface area contributed by atoms with Crippen LogP contribution in [0.3, 0.4) is 0 Å². The first-order valence-electron chi connectivity index (χ1n) is 11.5. The van der Waals surface area contributed by atoms with E-state index in [1.165, 1.54) is 6.08 Å². The minimum Gasteiger partial charge on any atom is -0.490 e. The molecule has 0 unspecified atom stereocenters. The zero-order chi connectivity index (χ0) is 25.9. The van der Waals surface area contributed by atoms with Crippen molar-refractivity contribution in [2.24, 2.45) is 0 Å². The molecular weight excluding hydrogens is 546 g/mol. The lowest BCUT2D eigenvalue weighted by atomic mass is 10.1. The normalized spacial score (nSPS) is 10.8. The highest BCUT2D eigenvalue weighted by atomic mass is 79.9. The predicted molar refractivity (Wildman–Crippen MR) is 146 cm³/mol. The van der Waals surface area contributed by atoms with Crippen molar-refractivity contribution < 1.29 is 23.8 Å². The number of esters is 1. The lowest BCUT2D eigenvalue weighted by Gasteiger charge is -2.15. The summed E-state index contributed by atoms with van der Waals surface area (Å²) in [5, 5.41) is 3.38. The van der Waals surface area contributed by atoms with E-state index in [1.54, 1.807) is 36.4 Å². The molecule has 0 radical (unpaired) electrons. The highest BCUT2D eigenvalue weighted by molar-refractivity contribution is 9.10. The van der Waals surface area contributed by atoms with E-state index in [2.05, 4.69) is 21.2 Å². The standard InChI is InChI=1S/C28H27BrClNO5/c1-3-14-35-28(33)20-9-7-10-22(17-20)31-26(32)13-12-19-15-23(29)27(25(16-19)34-4-2)36-18-21-8-5-6-11-24(21)30/h5-13,15-17H,3-4,14,18H2,1-2H3,(H,31,32)/b13-12+. The van der Waals surface area contributed by atoms with Crippen molar-refractivity contribution in [3.8, 4) is 11.5 Å². The maximum atomic E-state index is 12.5. The average molecular weight is 573 g/mol. The van der Waals surface area contributed by atoms with Gasteiger partial charge in [-0.1, -0.05) is 42.8 Å². The molecule has 1 amide bonds. The molecule has 3 aromatic carbocycles. The summed E-state index contributed by atoms with van der Waals surface area (Å²) in [4.78, 5) is 24.6. The van der Waals surface area contributed by atoms with Gasteiger partial charge in [-0.2, -0.15) is 0 Å². The Bertz CT molecular complexity index is 1240. The van der Waals surface area contributed by atoms with Gasteiger partial charge < -0.3 is 19.5 Å². The molecule has 0 heterocycles. The topological polar surface area (TPSA) is 73.9 Å². The zero-order valence-corrected chi connectivity index (χ0v) is 22.4. The van der Waals surface area contributed by atoms with Gasteiger partial charge in [0.1, 0.15) is 6.61 Å². The van der Waals surface area contributed by atoms with Gasteiger partial charge >= 0.3 is 5.97 Å². The van der Waals surface area contributed by atoms with Gasteiger partial charge in [0.2, 0.25) is 5.91 Å². The van der Waals surface area contributed by atoms with Crippen molar-refractivity contribution in [3.05, 3.63) is 92.9 Å². The van der Waals surface area contributed by atoms with Gasteiger partial charge in [-0.05, 0) is 77.3 Å². The Balaban J connectivity index is 1.70. The summed E-state index contributed by atoms with van der Waals surface area (Å²) in [6.07, 6.45) is 3.81. The van der Waals surface area contributed by atoms with Crippen LogP contribution in [0.25, 0.3) is 6.08 Å². The average Bonchev–Trinajstić information content (AvgIpc) is 2.87. The second-order valence-corrected chi connectivity index (χ2v) is 8.94. The van der Waals surface area contributed by atoms with Crippen molar-refractivity contribution in [1.29, 1.82) is 0 Å². The SMILES string of the molecule is CCCOC(=O)c1cccc(NC(=O)/C=C/c2cc(Br)c(OCc3ccccc3Cl)c(OCC)c2)c1. The molecule has 36 heavy (non-hydrogen) atoms. The van der Waals surface area contributed by atoms with Gasteiger partial charge in [-0.3, -0.25) is 4.79 Å². The molecule has 0 bridgehead atoms. The highest BCUT2D eigenvalue weighted by Gasteiger charge is 2.13. The first-order chi connectivity index (χ1) is 17.4. The monoisotopic (exact) mass is 571 g/mol. The van der Waals surface area contributed by atoms with E-state index in [4.69, 9.17) is 25.8 Å². The van der Waals surface area contributed by atoms with Crippen LogP contribution in [0.15, 0.2) is 71.2 Å². The van der Waals surface area contributed by atoms with Gasteiger partial charge in [0.25, 0.3) is 0 Å². The summed E-state index contributed by atoms with van der Waals surface area (Å²) in [5.41, 5.74) is 2.47. The smallest absolute Gasteiger partial charge is 0.338 e. The van der Waals surface area contributed by atoms with Crippen molar-refractivity contribution in [2.75, 3.05) is 18.5 Å². The summed E-state index contributed by atoms with van der Waals surface area (Å²) < 4.78 is 17.6. The van der Waals surface area contributed by atoms with Crippen molar-refractivity contribution >= 4 is 51.2 Å². The first-order valence-corrected chi connectivity index (χ1v) is 12.7. The van der Waals surface area contributed by atoms with Crippen LogP contribution in [0.1, 0.15) is 41.8 Å². The lowest BCUT2D eigenvalue weighted by molar-refractivity contribution is -0.111. The predicted octanol–water partition coefficient (Wildman–Crippen LogP) is 7.30.